The Labute approximate surface area is 192 Å². The van der Waals surface area contributed by atoms with E-state index in [1.807, 2.05) is 0 Å². The molecule has 1 heterocycles. The van der Waals surface area contributed by atoms with Crippen molar-refractivity contribution in [2.75, 3.05) is 5.32 Å². The summed E-state index contributed by atoms with van der Waals surface area (Å²) >= 11 is 3.24. The molecular formula is C23H14BrF5N2O2. The Balaban J connectivity index is 1.79. The van der Waals surface area contributed by atoms with Crippen molar-refractivity contribution in [3.05, 3.63) is 98.0 Å². The summed E-state index contributed by atoms with van der Waals surface area (Å²) in [5.41, 5.74) is -0.500. The molecule has 3 aromatic rings. The van der Waals surface area contributed by atoms with Gasteiger partial charge in [0, 0.05) is 26.9 Å². The van der Waals surface area contributed by atoms with Gasteiger partial charge in [0.2, 0.25) is 0 Å². The number of amides is 2. The molecule has 0 aliphatic carbocycles. The van der Waals surface area contributed by atoms with E-state index in [0.717, 1.165) is 0 Å². The average molecular weight is 525 g/mol. The lowest BCUT2D eigenvalue weighted by atomic mass is 9.93. The Hall–Kier alpha value is -3.27. The predicted octanol–water partition coefficient (Wildman–Crippen LogP) is 6.14. The molecule has 0 saturated heterocycles. The minimum absolute atomic E-state index is 0.106. The van der Waals surface area contributed by atoms with E-state index in [4.69, 9.17) is 0 Å². The van der Waals surface area contributed by atoms with Crippen LogP contribution >= 0.6 is 15.9 Å². The highest BCUT2D eigenvalue weighted by atomic mass is 79.9. The van der Waals surface area contributed by atoms with Crippen molar-refractivity contribution < 1.29 is 31.5 Å². The van der Waals surface area contributed by atoms with Crippen LogP contribution in [0.3, 0.4) is 0 Å². The molecule has 3 aromatic carbocycles. The topological polar surface area (TPSA) is 58.2 Å². The highest BCUT2D eigenvalue weighted by molar-refractivity contribution is 9.10. The van der Waals surface area contributed by atoms with E-state index in [9.17, 15) is 31.5 Å². The van der Waals surface area contributed by atoms with Crippen molar-refractivity contribution in [2.45, 2.75) is 19.1 Å². The monoisotopic (exact) mass is 524 g/mol. The second-order valence-electron chi connectivity index (χ2n) is 7.46. The predicted molar refractivity (Wildman–Crippen MR) is 114 cm³/mol. The Morgan fingerprint density at radius 3 is 2.52 bits per heavy atom. The molecule has 1 atom stereocenters. The van der Waals surface area contributed by atoms with Gasteiger partial charge in [-0.3, -0.25) is 9.59 Å². The number of halogens is 6. The molecule has 170 valence electrons. The van der Waals surface area contributed by atoms with Crippen LogP contribution < -0.4 is 10.6 Å². The van der Waals surface area contributed by atoms with Crippen molar-refractivity contribution >= 4 is 33.4 Å². The van der Waals surface area contributed by atoms with Crippen molar-refractivity contribution in [2.24, 2.45) is 0 Å². The number of fused-ring (bicyclic) bond motifs is 1. The number of rotatable bonds is 3. The van der Waals surface area contributed by atoms with Crippen molar-refractivity contribution in [3.63, 3.8) is 0 Å². The second kappa shape index (κ2) is 8.26. The third-order valence-corrected chi connectivity index (χ3v) is 5.77. The maximum absolute atomic E-state index is 14.2. The summed E-state index contributed by atoms with van der Waals surface area (Å²) in [6.07, 6.45) is -4.84. The molecule has 2 amide bonds. The molecule has 10 heteroatoms. The fourth-order valence-electron chi connectivity index (χ4n) is 3.75. The molecule has 4 nitrogen and oxygen atoms in total. The molecule has 0 unspecified atom stereocenters. The van der Waals surface area contributed by atoms with Gasteiger partial charge in [-0.15, -0.1) is 0 Å². The van der Waals surface area contributed by atoms with Crippen LogP contribution in [0.1, 0.15) is 49.0 Å². The first-order chi connectivity index (χ1) is 15.5. The van der Waals surface area contributed by atoms with E-state index in [1.165, 1.54) is 31.2 Å². The number of hydrogen-bond donors (Lipinski definition) is 2. The van der Waals surface area contributed by atoms with Gasteiger partial charge in [-0.1, -0.05) is 28.1 Å². The Morgan fingerprint density at radius 1 is 1.09 bits per heavy atom. The van der Waals surface area contributed by atoms with Crippen molar-refractivity contribution in [3.8, 4) is 0 Å². The fraction of sp³-hybridized carbons (Fsp3) is 0.130. The van der Waals surface area contributed by atoms with E-state index in [2.05, 4.69) is 26.6 Å². The van der Waals surface area contributed by atoms with Gasteiger partial charge in [0.05, 0.1) is 11.6 Å². The quantitative estimate of drug-likeness (QED) is 0.404. The maximum Gasteiger partial charge on any atom is 0.416 e. The SMILES string of the molecule is Cc1c(F)cccc1[C@@H]1NC(=O)c2cc(Br)cc(NC(=O)c3cc(F)cc(C(F)(F)F)c3)c21. The van der Waals surface area contributed by atoms with Gasteiger partial charge in [0.15, 0.2) is 0 Å². The van der Waals surface area contributed by atoms with Crippen LogP contribution in [-0.2, 0) is 6.18 Å². The average Bonchev–Trinajstić information content (AvgIpc) is 3.05. The molecular weight excluding hydrogens is 511 g/mol. The third-order valence-electron chi connectivity index (χ3n) is 5.31. The van der Waals surface area contributed by atoms with E-state index < -0.39 is 46.8 Å². The van der Waals surface area contributed by atoms with Gasteiger partial charge in [-0.05, 0) is 54.4 Å². The fourth-order valence-corrected chi connectivity index (χ4v) is 4.21. The Kier molecular flexibility index (Phi) is 5.73. The van der Waals surface area contributed by atoms with Crippen LogP contribution in [0.5, 0.6) is 0 Å². The van der Waals surface area contributed by atoms with Crippen molar-refractivity contribution in [1.82, 2.24) is 5.32 Å². The molecule has 1 aliphatic rings. The number of anilines is 1. The lowest BCUT2D eigenvalue weighted by molar-refractivity contribution is -0.137. The minimum Gasteiger partial charge on any atom is -0.341 e. The van der Waals surface area contributed by atoms with E-state index in [-0.39, 0.29) is 16.8 Å². The molecule has 33 heavy (non-hydrogen) atoms. The largest absolute Gasteiger partial charge is 0.416 e. The Morgan fingerprint density at radius 2 is 1.82 bits per heavy atom. The van der Waals surface area contributed by atoms with E-state index in [0.29, 0.717) is 33.8 Å². The minimum atomic E-state index is -4.84. The highest BCUT2D eigenvalue weighted by Crippen LogP contribution is 2.40. The Bertz CT molecular complexity index is 1310. The number of alkyl halides is 3. The number of nitrogens with one attached hydrogen (secondary N) is 2. The molecule has 0 spiro atoms. The number of hydrogen-bond acceptors (Lipinski definition) is 2. The molecule has 0 bridgehead atoms. The first-order valence-corrected chi connectivity index (χ1v) is 10.3. The maximum atomic E-state index is 14.2. The van der Waals surface area contributed by atoms with E-state index in [1.54, 1.807) is 6.07 Å². The summed E-state index contributed by atoms with van der Waals surface area (Å²) < 4.78 is 67.5. The first-order valence-electron chi connectivity index (χ1n) is 9.54. The number of carbonyl (C=O) groups is 2. The van der Waals surface area contributed by atoms with Crippen LogP contribution in [0.15, 0.2) is 53.0 Å². The smallest absolute Gasteiger partial charge is 0.341 e. The van der Waals surface area contributed by atoms with Crippen LogP contribution in [0.2, 0.25) is 0 Å². The second-order valence-corrected chi connectivity index (χ2v) is 8.37. The van der Waals surface area contributed by atoms with Gasteiger partial charge < -0.3 is 10.6 Å². The van der Waals surface area contributed by atoms with Gasteiger partial charge in [0.25, 0.3) is 11.8 Å². The van der Waals surface area contributed by atoms with Gasteiger partial charge in [-0.2, -0.15) is 13.2 Å². The lowest BCUT2D eigenvalue weighted by Crippen LogP contribution is -2.21. The van der Waals surface area contributed by atoms with Gasteiger partial charge in [-0.25, -0.2) is 8.78 Å². The van der Waals surface area contributed by atoms with Crippen LogP contribution in [-0.4, -0.2) is 11.8 Å². The molecule has 0 aromatic heterocycles. The summed E-state index contributed by atoms with van der Waals surface area (Å²) in [7, 11) is 0. The molecule has 4 rings (SSSR count). The molecule has 0 fully saturated rings. The molecule has 0 radical (unpaired) electrons. The number of benzene rings is 3. The number of carbonyl (C=O) groups excluding carboxylic acids is 2. The van der Waals surface area contributed by atoms with E-state index >= 15 is 0 Å². The molecule has 0 saturated carbocycles. The summed E-state index contributed by atoms with van der Waals surface area (Å²) in [6, 6.07) is 8.03. The van der Waals surface area contributed by atoms with Gasteiger partial charge >= 0.3 is 6.18 Å². The van der Waals surface area contributed by atoms with Gasteiger partial charge in [0.1, 0.15) is 11.6 Å². The van der Waals surface area contributed by atoms with Crippen LogP contribution in [0.25, 0.3) is 0 Å². The zero-order valence-corrected chi connectivity index (χ0v) is 18.4. The summed E-state index contributed by atoms with van der Waals surface area (Å²) in [4.78, 5) is 25.4. The van der Waals surface area contributed by atoms with Crippen LogP contribution in [0.4, 0.5) is 27.6 Å². The first kappa shape index (κ1) is 22.9. The summed E-state index contributed by atoms with van der Waals surface area (Å²) in [6.45, 7) is 1.54. The highest BCUT2D eigenvalue weighted by Gasteiger charge is 2.35. The molecule has 2 N–H and O–H groups in total. The zero-order valence-electron chi connectivity index (χ0n) is 16.8. The van der Waals surface area contributed by atoms with Crippen molar-refractivity contribution in [1.29, 1.82) is 0 Å². The third kappa shape index (κ3) is 4.35. The molecule has 1 aliphatic heterocycles. The van der Waals surface area contributed by atoms with Crippen LogP contribution in [0, 0.1) is 18.6 Å². The standard InChI is InChI=1S/C23H14BrF5N2O2/c1-10-15(3-2-4-17(10)26)20-19-16(22(33)31-20)8-13(24)9-18(19)30-21(32)11-5-12(23(27,28)29)7-14(25)6-11/h2-9,20H,1H3,(H,30,32)(H,31,33)/t20-/m0/s1. The normalized spacial score (nSPS) is 15.2. The summed E-state index contributed by atoms with van der Waals surface area (Å²) in [5, 5.41) is 5.21. The lowest BCUT2D eigenvalue weighted by Gasteiger charge is -2.19. The summed E-state index contributed by atoms with van der Waals surface area (Å²) in [5.74, 6) is -3.19. The zero-order chi connectivity index (χ0) is 24.1.